The minimum Gasteiger partial charge on any atom is -0.205 e. The van der Waals surface area contributed by atoms with E-state index in [4.69, 9.17) is 0 Å². The average Bonchev–Trinajstić information content (AvgIpc) is 2.46. The van der Waals surface area contributed by atoms with Crippen molar-refractivity contribution < 1.29 is 8.42 Å². The minimum absolute atomic E-state index is 0.0272. The Kier molecular flexibility index (Phi) is 4.69. The van der Waals surface area contributed by atoms with Crippen LogP contribution in [0.25, 0.3) is 0 Å². The fraction of sp³-hybridized carbons (Fsp3) is 0.188. The summed E-state index contributed by atoms with van der Waals surface area (Å²) in [5, 5.41) is 0. The van der Waals surface area contributed by atoms with Crippen LogP contribution in [0.15, 0.2) is 59.0 Å². The summed E-state index contributed by atoms with van der Waals surface area (Å²) in [7, 11) is -3.42. The second-order valence-corrected chi connectivity index (χ2v) is 6.45. The largest absolute Gasteiger partial charge is 0.253 e. The molecule has 104 valence electrons. The monoisotopic (exact) mass is 287 g/mol. The van der Waals surface area contributed by atoms with E-state index in [2.05, 4.69) is 4.40 Å². The van der Waals surface area contributed by atoms with E-state index in [0.29, 0.717) is 6.42 Å². The van der Waals surface area contributed by atoms with Crippen LogP contribution < -0.4 is 0 Å². The molecule has 0 aliphatic rings. The standard InChI is InChI=1S/C16H17NO2S/c1-14-7-9-16(10-8-14)13-17-20(18,19)12-11-15-5-3-2-4-6-15/h2-10,13H,11-12H2,1H3/b17-13+. The fourth-order valence-corrected chi connectivity index (χ4v) is 2.62. The number of benzene rings is 2. The lowest BCUT2D eigenvalue weighted by Crippen LogP contribution is -2.06. The molecule has 2 aromatic rings. The van der Waals surface area contributed by atoms with E-state index in [1.165, 1.54) is 6.21 Å². The van der Waals surface area contributed by atoms with E-state index in [9.17, 15) is 8.42 Å². The molecule has 0 radical (unpaired) electrons. The summed E-state index contributed by atoms with van der Waals surface area (Å²) in [6.45, 7) is 1.98. The second-order valence-electron chi connectivity index (χ2n) is 4.67. The van der Waals surface area contributed by atoms with Crippen molar-refractivity contribution in [2.75, 3.05) is 5.75 Å². The molecule has 0 aliphatic heterocycles. The Hall–Kier alpha value is -1.94. The van der Waals surface area contributed by atoms with Gasteiger partial charge in [0.1, 0.15) is 0 Å². The maximum Gasteiger partial charge on any atom is 0.253 e. The molecule has 0 atom stereocenters. The molecule has 0 aromatic heterocycles. The van der Waals surface area contributed by atoms with E-state index in [1.807, 2.05) is 61.5 Å². The lowest BCUT2D eigenvalue weighted by Gasteiger charge is -2.00. The van der Waals surface area contributed by atoms with Gasteiger partial charge in [-0.1, -0.05) is 60.2 Å². The van der Waals surface area contributed by atoms with Crippen molar-refractivity contribution in [2.45, 2.75) is 13.3 Å². The normalized spacial score (nSPS) is 11.8. The molecule has 0 aliphatic carbocycles. The van der Waals surface area contributed by atoms with Gasteiger partial charge in [0, 0.05) is 6.21 Å². The highest BCUT2D eigenvalue weighted by molar-refractivity contribution is 7.90. The highest BCUT2D eigenvalue weighted by atomic mass is 32.2. The summed E-state index contributed by atoms with van der Waals surface area (Å²) in [6, 6.07) is 17.1. The molecule has 20 heavy (non-hydrogen) atoms. The lowest BCUT2D eigenvalue weighted by molar-refractivity contribution is 0.597. The topological polar surface area (TPSA) is 46.5 Å². The van der Waals surface area contributed by atoms with E-state index in [-0.39, 0.29) is 5.75 Å². The molecular weight excluding hydrogens is 270 g/mol. The molecule has 4 heteroatoms. The van der Waals surface area contributed by atoms with E-state index < -0.39 is 10.0 Å². The van der Waals surface area contributed by atoms with Crippen molar-refractivity contribution in [1.82, 2.24) is 0 Å². The zero-order valence-electron chi connectivity index (χ0n) is 11.4. The predicted molar refractivity (Wildman–Crippen MR) is 82.7 cm³/mol. The van der Waals surface area contributed by atoms with Gasteiger partial charge in [-0.25, -0.2) is 8.42 Å². The highest BCUT2D eigenvalue weighted by Gasteiger charge is 2.07. The summed E-state index contributed by atoms with van der Waals surface area (Å²) in [6.07, 6.45) is 1.88. The van der Waals surface area contributed by atoms with E-state index in [0.717, 1.165) is 16.7 Å². The Morgan fingerprint density at radius 1 is 1.00 bits per heavy atom. The van der Waals surface area contributed by atoms with E-state index >= 15 is 0 Å². The Labute approximate surface area is 120 Å². The van der Waals surface area contributed by atoms with Gasteiger partial charge in [-0.3, -0.25) is 0 Å². The molecule has 0 spiro atoms. The molecule has 0 amide bonds. The quantitative estimate of drug-likeness (QED) is 0.794. The van der Waals surface area contributed by atoms with Crippen molar-refractivity contribution in [3.63, 3.8) is 0 Å². The predicted octanol–water partition coefficient (Wildman–Crippen LogP) is 2.99. The third-order valence-corrected chi connectivity index (χ3v) is 4.08. The van der Waals surface area contributed by atoms with Crippen LogP contribution in [0.1, 0.15) is 16.7 Å². The zero-order chi connectivity index (χ0) is 14.4. The summed E-state index contributed by atoms with van der Waals surface area (Å²) < 4.78 is 27.4. The van der Waals surface area contributed by atoms with Crippen molar-refractivity contribution in [3.8, 4) is 0 Å². The Balaban J connectivity index is 1.98. The number of nitrogens with zero attached hydrogens (tertiary/aromatic N) is 1. The third kappa shape index (κ3) is 4.63. The maximum atomic E-state index is 11.8. The highest BCUT2D eigenvalue weighted by Crippen LogP contribution is 2.05. The van der Waals surface area contributed by atoms with Crippen LogP contribution in [0.4, 0.5) is 0 Å². The molecule has 2 rings (SSSR count). The van der Waals surface area contributed by atoms with Crippen molar-refractivity contribution in [2.24, 2.45) is 4.40 Å². The summed E-state index contributed by atoms with van der Waals surface area (Å²) in [5.41, 5.74) is 2.93. The zero-order valence-corrected chi connectivity index (χ0v) is 12.2. The summed E-state index contributed by atoms with van der Waals surface area (Å²) in [4.78, 5) is 0. The van der Waals surface area contributed by atoms with Crippen LogP contribution in [-0.2, 0) is 16.4 Å². The average molecular weight is 287 g/mol. The van der Waals surface area contributed by atoms with Gasteiger partial charge >= 0.3 is 0 Å². The second kappa shape index (κ2) is 6.48. The maximum absolute atomic E-state index is 11.8. The number of sulfonamides is 1. The van der Waals surface area contributed by atoms with Crippen LogP contribution in [-0.4, -0.2) is 20.4 Å². The van der Waals surface area contributed by atoms with Crippen LogP contribution in [0.5, 0.6) is 0 Å². The van der Waals surface area contributed by atoms with Gasteiger partial charge in [0.2, 0.25) is 0 Å². The van der Waals surface area contributed by atoms with Gasteiger partial charge in [0.15, 0.2) is 0 Å². The van der Waals surface area contributed by atoms with Gasteiger partial charge in [0.05, 0.1) is 5.75 Å². The summed E-state index contributed by atoms with van der Waals surface area (Å²) >= 11 is 0. The molecule has 0 heterocycles. The molecular formula is C16H17NO2S. The van der Waals surface area contributed by atoms with Crippen molar-refractivity contribution in [1.29, 1.82) is 0 Å². The number of hydrogen-bond acceptors (Lipinski definition) is 2. The fourth-order valence-electron chi connectivity index (χ4n) is 1.74. The van der Waals surface area contributed by atoms with Gasteiger partial charge in [-0.15, -0.1) is 0 Å². The summed E-state index contributed by atoms with van der Waals surface area (Å²) in [5.74, 6) is 0.0272. The van der Waals surface area contributed by atoms with Gasteiger partial charge in [0.25, 0.3) is 10.0 Å². The van der Waals surface area contributed by atoms with Crippen LogP contribution in [0, 0.1) is 6.92 Å². The number of hydrogen-bond donors (Lipinski definition) is 0. The first-order valence-electron chi connectivity index (χ1n) is 6.44. The van der Waals surface area contributed by atoms with Crippen LogP contribution in [0.3, 0.4) is 0 Å². The number of rotatable bonds is 5. The molecule has 0 bridgehead atoms. The molecule has 0 unspecified atom stereocenters. The van der Waals surface area contributed by atoms with Gasteiger partial charge in [-0.05, 0) is 24.5 Å². The van der Waals surface area contributed by atoms with Crippen molar-refractivity contribution >= 4 is 16.2 Å². The smallest absolute Gasteiger partial charge is 0.205 e. The first-order valence-corrected chi connectivity index (χ1v) is 8.05. The molecule has 0 saturated carbocycles. The van der Waals surface area contributed by atoms with Gasteiger partial charge < -0.3 is 0 Å². The molecule has 0 fully saturated rings. The SMILES string of the molecule is Cc1ccc(/C=N/S(=O)(=O)CCc2ccccc2)cc1. The van der Waals surface area contributed by atoms with Crippen LogP contribution >= 0.6 is 0 Å². The molecule has 0 N–H and O–H groups in total. The third-order valence-electron chi connectivity index (χ3n) is 2.93. The first kappa shape index (κ1) is 14.5. The Bertz CT molecular complexity index is 674. The van der Waals surface area contributed by atoms with Crippen molar-refractivity contribution in [3.05, 3.63) is 71.3 Å². The molecule has 3 nitrogen and oxygen atoms in total. The van der Waals surface area contributed by atoms with Gasteiger partial charge in [-0.2, -0.15) is 4.40 Å². The molecule has 2 aromatic carbocycles. The first-order chi connectivity index (χ1) is 9.55. The number of aryl methyl sites for hydroxylation is 2. The Morgan fingerprint density at radius 2 is 1.65 bits per heavy atom. The lowest BCUT2D eigenvalue weighted by atomic mass is 10.2. The minimum atomic E-state index is -3.42. The molecule has 0 saturated heterocycles. The van der Waals surface area contributed by atoms with Crippen LogP contribution in [0.2, 0.25) is 0 Å². The van der Waals surface area contributed by atoms with E-state index in [1.54, 1.807) is 0 Å². The Morgan fingerprint density at radius 3 is 2.30 bits per heavy atom.